The molecule has 0 amide bonds. The fourth-order valence-electron chi connectivity index (χ4n) is 5.78. The van der Waals surface area contributed by atoms with Gasteiger partial charge in [-0.2, -0.15) is 0 Å². The quantitative estimate of drug-likeness (QED) is 0.337. The van der Waals surface area contributed by atoms with Gasteiger partial charge in [0.1, 0.15) is 12.3 Å². The first kappa shape index (κ1) is 24.4. The van der Waals surface area contributed by atoms with E-state index in [-0.39, 0.29) is 11.6 Å². The van der Waals surface area contributed by atoms with E-state index in [1.54, 1.807) is 6.26 Å². The summed E-state index contributed by atoms with van der Waals surface area (Å²) in [7, 11) is 0. The molecular weight excluding hydrogens is 452 g/mol. The third-order valence-corrected chi connectivity index (χ3v) is 7.47. The Morgan fingerprint density at radius 3 is 2.78 bits per heavy atom. The average molecular weight is 489 g/mol. The third-order valence-electron chi connectivity index (χ3n) is 7.47. The predicted octanol–water partition coefficient (Wildman–Crippen LogP) is 5.45. The van der Waals surface area contributed by atoms with Gasteiger partial charge < -0.3 is 9.40 Å². The van der Waals surface area contributed by atoms with E-state index in [2.05, 4.69) is 64.4 Å². The Kier molecular flexibility index (Phi) is 7.32. The number of aryl methyl sites for hydroxylation is 2. The zero-order valence-corrected chi connectivity index (χ0v) is 21.5. The molecule has 190 valence electrons. The molecule has 1 aliphatic rings. The maximum Gasteiger partial charge on any atom is 0.252 e. The Morgan fingerprint density at radius 2 is 2.03 bits per heavy atom. The lowest BCUT2D eigenvalue weighted by Gasteiger charge is -2.39. The van der Waals surface area contributed by atoms with Crippen LogP contribution in [0.15, 0.2) is 45.8 Å². The van der Waals surface area contributed by atoms with E-state index in [1.807, 2.05) is 16.8 Å². The summed E-state index contributed by atoms with van der Waals surface area (Å²) in [4.78, 5) is 19.0. The number of hydrogen-bond donors (Lipinski definition) is 1. The maximum atomic E-state index is 13.3. The highest BCUT2D eigenvalue weighted by molar-refractivity contribution is 5.82. The van der Waals surface area contributed by atoms with Crippen LogP contribution in [0.5, 0.6) is 0 Å². The third kappa shape index (κ3) is 5.14. The second-order valence-corrected chi connectivity index (χ2v) is 10.2. The molecule has 0 spiro atoms. The molecule has 36 heavy (non-hydrogen) atoms. The number of fused-ring (bicyclic) bond motifs is 1. The number of H-pyrrole nitrogens is 1. The number of hydrogen-bond acceptors (Lipinski definition) is 6. The molecule has 1 unspecified atom stereocenters. The number of furan rings is 1. The lowest BCUT2D eigenvalue weighted by atomic mass is 9.91. The van der Waals surface area contributed by atoms with E-state index < -0.39 is 0 Å². The summed E-state index contributed by atoms with van der Waals surface area (Å²) in [6, 6.07) is 10.6. The van der Waals surface area contributed by atoms with Crippen LogP contribution in [-0.4, -0.2) is 36.1 Å². The number of rotatable bonds is 9. The van der Waals surface area contributed by atoms with Gasteiger partial charge in [-0.1, -0.05) is 44.2 Å². The number of nitrogens with zero attached hydrogens (tertiary/aromatic N) is 5. The van der Waals surface area contributed by atoms with Gasteiger partial charge in [-0.15, -0.1) is 5.10 Å². The molecule has 3 aromatic heterocycles. The number of aromatic nitrogens is 5. The van der Waals surface area contributed by atoms with Gasteiger partial charge in [-0.3, -0.25) is 9.69 Å². The van der Waals surface area contributed by atoms with Crippen molar-refractivity contribution in [1.82, 2.24) is 30.1 Å². The van der Waals surface area contributed by atoms with E-state index in [9.17, 15) is 4.79 Å². The van der Waals surface area contributed by atoms with Crippen molar-refractivity contribution in [1.29, 1.82) is 0 Å². The first-order valence-corrected chi connectivity index (χ1v) is 13.2. The average Bonchev–Trinajstić information content (AvgIpc) is 3.55. The van der Waals surface area contributed by atoms with E-state index in [0.717, 1.165) is 59.3 Å². The van der Waals surface area contributed by atoms with Crippen molar-refractivity contribution in [3.63, 3.8) is 0 Å². The maximum absolute atomic E-state index is 13.3. The number of tetrazole rings is 1. The molecular formula is C28H36N6O2. The fraction of sp³-hybridized carbons (Fsp3) is 0.500. The smallest absolute Gasteiger partial charge is 0.252 e. The molecule has 4 aromatic rings. The van der Waals surface area contributed by atoms with E-state index >= 15 is 0 Å². The van der Waals surface area contributed by atoms with Crippen molar-refractivity contribution in [3.05, 3.63) is 75.2 Å². The molecule has 0 bridgehead atoms. The first-order valence-electron chi connectivity index (χ1n) is 13.2. The minimum absolute atomic E-state index is 0.0115. The van der Waals surface area contributed by atoms with Crippen molar-refractivity contribution in [3.8, 4) is 0 Å². The summed E-state index contributed by atoms with van der Waals surface area (Å²) in [6.07, 6.45) is 9.54. The van der Waals surface area contributed by atoms with E-state index in [4.69, 9.17) is 4.42 Å². The molecule has 1 N–H and O–H groups in total. The lowest BCUT2D eigenvalue weighted by molar-refractivity contribution is 0.0811. The van der Waals surface area contributed by atoms with Gasteiger partial charge >= 0.3 is 0 Å². The van der Waals surface area contributed by atoms with Crippen molar-refractivity contribution in [2.75, 3.05) is 0 Å². The van der Waals surface area contributed by atoms with Crippen LogP contribution in [0.3, 0.4) is 0 Å². The van der Waals surface area contributed by atoms with Gasteiger partial charge in [-0.05, 0) is 78.8 Å². The highest BCUT2D eigenvalue weighted by Crippen LogP contribution is 2.34. The van der Waals surface area contributed by atoms with Gasteiger partial charge in [0.15, 0.2) is 5.82 Å². The summed E-state index contributed by atoms with van der Waals surface area (Å²) >= 11 is 0. The van der Waals surface area contributed by atoms with Crippen molar-refractivity contribution < 1.29 is 4.42 Å². The largest absolute Gasteiger partial charge is 0.467 e. The van der Waals surface area contributed by atoms with Crippen LogP contribution in [0.25, 0.3) is 10.9 Å². The number of pyridine rings is 1. The summed E-state index contributed by atoms with van der Waals surface area (Å²) in [5.74, 6) is 1.66. The molecule has 0 radical (unpaired) electrons. The lowest BCUT2D eigenvalue weighted by Crippen LogP contribution is -2.41. The SMILES string of the molecule is CCCC(c1nnnn1Cc1ccco1)N(Cc1cc2cc(C)cc(C)c2[nH]c1=O)C1CCCCC1. The van der Waals surface area contributed by atoms with Crippen molar-refractivity contribution in [2.45, 2.75) is 90.9 Å². The number of nitrogens with one attached hydrogen (secondary N) is 1. The van der Waals surface area contributed by atoms with Crippen LogP contribution in [0.4, 0.5) is 0 Å². The molecule has 1 atom stereocenters. The Labute approximate surface area is 211 Å². The Balaban J connectivity index is 1.54. The highest BCUT2D eigenvalue weighted by atomic mass is 16.3. The normalized spacial score (nSPS) is 15.7. The molecule has 8 nitrogen and oxygen atoms in total. The van der Waals surface area contributed by atoms with Crippen LogP contribution in [0.1, 0.15) is 86.2 Å². The number of benzene rings is 1. The molecule has 1 aromatic carbocycles. The van der Waals surface area contributed by atoms with Crippen LogP contribution >= 0.6 is 0 Å². The van der Waals surface area contributed by atoms with Crippen LogP contribution < -0.4 is 5.56 Å². The molecule has 1 aliphatic carbocycles. The van der Waals surface area contributed by atoms with E-state index in [0.29, 0.717) is 19.1 Å². The minimum atomic E-state index is -0.0133. The Bertz CT molecular complexity index is 1350. The Hall–Kier alpha value is -3.26. The van der Waals surface area contributed by atoms with Crippen molar-refractivity contribution in [2.24, 2.45) is 0 Å². The first-order chi connectivity index (χ1) is 17.5. The molecule has 1 saturated carbocycles. The molecule has 5 rings (SSSR count). The summed E-state index contributed by atoms with van der Waals surface area (Å²) in [5, 5.41) is 13.9. The predicted molar refractivity (Wildman–Crippen MR) is 140 cm³/mol. The van der Waals surface area contributed by atoms with Crippen LogP contribution in [0, 0.1) is 13.8 Å². The van der Waals surface area contributed by atoms with Gasteiger partial charge in [0.05, 0.1) is 17.8 Å². The monoisotopic (exact) mass is 488 g/mol. The van der Waals surface area contributed by atoms with E-state index in [1.165, 1.54) is 24.8 Å². The van der Waals surface area contributed by atoms with Gasteiger partial charge in [0.2, 0.25) is 0 Å². The zero-order valence-electron chi connectivity index (χ0n) is 21.5. The highest BCUT2D eigenvalue weighted by Gasteiger charge is 2.32. The molecule has 0 saturated heterocycles. The summed E-state index contributed by atoms with van der Waals surface area (Å²) < 4.78 is 7.43. The topological polar surface area (TPSA) is 92.8 Å². The summed E-state index contributed by atoms with van der Waals surface area (Å²) in [5.41, 5.74) is 4.00. The van der Waals surface area contributed by atoms with Gasteiger partial charge in [0, 0.05) is 18.2 Å². The van der Waals surface area contributed by atoms with Gasteiger partial charge in [0.25, 0.3) is 5.56 Å². The van der Waals surface area contributed by atoms with Crippen LogP contribution in [-0.2, 0) is 13.1 Å². The standard InChI is InChI=1S/C28H36N6O2/c1-4-9-25(27-30-31-32-34(27)18-24-12-8-13-36-24)33(23-10-6-5-7-11-23)17-22-16-21-15-19(2)14-20(3)26(21)29-28(22)35/h8,12-16,23,25H,4-7,9-11,17-18H2,1-3H3,(H,29,35). The molecule has 3 heterocycles. The Morgan fingerprint density at radius 1 is 1.19 bits per heavy atom. The molecule has 1 fully saturated rings. The fourth-order valence-corrected chi connectivity index (χ4v) is 5.78. The van der Waals surface area contributed by atoms with Gasteiger partial charge in [-0.25, -0.2) is 4.68 Å². The second-order valence-electron chi connectivity index (χ2n) is 10.2. The number of aromatic amines is 1. The van der Waals surface area contributed by atoms with Crippen LogP contribution in [0.2, 0.25) is 0 Å². The molecule has 8 heteroatoms. The zero-order chi connectivity index (χ0) is 25.1. The van der Waals surface area contributed by atoms with Crippen molar-refractivity contribution >= 4 is 10.9 Å². The molecule has 0 aliphatic heterocycles. The minimum Gasteiger partial charge on any atom is -0.467 e. The second kappa shape index (κ2) is 10.8. The summed E-state index contributed by atoms with van der Waals surface area (Å²) in [6.45, 7) is 7.41.